The summed E-state index contributed by atoms with van der Waals surface area (Å²) in [5, 5.41) is 6.79. The van der Waals surface area contributed by atoms with Crippen molar-refractivity contribution in [3.8, 4) is 17.1 Å². The van der Waals surface area contributed by atoms with Gasteiger partial charge in [0.05, 0.1) is 7.11 Å². The summed E-state index contributed by atoms with van der Waals surface area (Å²) in [7, 11) is 3.28. The van der Waals surface area contributed by atoms with E-state index in [0.29, 0.717) is 11.7 Å². The summed E-state index contributed by atoms with van der Waals surface area (Å²) >= 11 is 0. The number of hydrogen-bond donors (Lipinski definition) is 1. The first-order valence-electron chi connectivity index (χ1n) is 8.11. The third-order valence-electron chi connectivity index (χ3n) is 3.84. The Morgan fingerprint density at radius 3 is 2.50 bits per heavy atom. The summed E-state index contributed by atoms with van der Waals surface area (Å²) in [6, 6.07) is 14.7. The lowest BCUT2D eigenvalue weighted by Crippen LogP contribution is -2.30. The van der Waals surface area contributed by atoms with Gasteiger partial charge in [0, 0.05) is 18.3 Å². The van der Waals surface area contributed by atoms with E-state index in [9.17, 15) is 4.79 Å². The number of urea groups is 1. The maximum atomic E-state index is 12.3. The Labute approximate surface area is 151 Å². The molecule has 134 valence electrons. The standard InChI is InChI=1S/C19H20N4O3/c1-13-4-8-15(9-5-13)20-19(24)23(2)12-17-21-18(22-26-17)14-6-10-16(25-3)11-7-14/h4-11H,12H2,1-3H3,(H,20,24). The zero-order valence-electron chi connectivity index (χ0n) is 14.9. The molecular weight excluding hydrogens is 332 g/mol. The Balaban J connectivity index is 1.62. The zero-order chi connectivity index (χ0) is 18.5. The van der Waals surface area contributed by atoms with Gasteiger partial charge in [-0.25, -0.2) is 4.79 Å². The number of nitrogens with one attached hydrogen (secondary N) is 1. The van der Waals surface area contributed by atoms with E-state index in [0.717, 1.165) is 22.6 Å². The van der Waals surface area contributed by atoms with Gasteiger partial charge in [0.25, 0.3) is 0 Å². The topological polar surface area (TPSA) is 80.5 Å². The number of aryl methyl sites for hydroxylation is 1. The highest BCUT2D eigenvalue weighted by Gasteiger charge is 2.15. The number of nitrogens with zero attached hydrogens (tertiary/aromatic N) is 3. The molecule has 2 aromatic carbocycles. The molecule has 3 rings (SSSR count). The van der Waals surface area contributed by atoms with Crippen molar-refractivity contribution in [1.82, 2.24) is 15.0 Å². The monoisotopic (exact) mass is 352 g/mol. The molecule has 0 atom stereocenters. The van der Waals surface area contributed by atoms with E-state index < -0.39 is 0 Å². The normalized spacial score (nSPS) is 10.4. The number of benzene rings is 2. The molecule has 7 heteroatoms. The van der Waals surface area contributed by atoms with Crippen LogP contribution >= 0.6 is 0 Å². The minimum Gasteiger partial charge on any atom is -0.497 e. The van der Waals surface area contributed by atoms with Crippen LogP contribution in [0.25, 0.3) is 11.4 Å². The Kier molecular flexibility index (Phi) is 5.17. The molecule has 26 heavy (non-hydrogen) atoms. The smallest absolute Gasteiger partial charge is 0.322 e. The van der Waals surface area contributed by atoms with Crippen LogP contribution in [0.15, 0.2) is 53.1 Å². The van der Waals surface area contributed by atoms with Crippen LogP contribution in [0, 0.1) is 6.92 Å². The van der Waals surface area contributed by atoms with E-state index in [1.165, 1.54) is 4.90 Å². The molecule has 1 aromatic heterocycles. The van der Waals surface area contributed by atoms with Crippen LogP contribution < -0.4 is 10.1 Å². The van der Waals surface area contributed by atoms with E-state index in [-0.39, 0.29) is 12.6 Å². The van der Waals surface area contributed by atoms with Gasteiger partial charge < -0.3 is 19.5 Å². The predicted molar refractivity (Wildman–Crippen MR) is 98.0 cm³/mol. The number of methoxy groups -OCH3 is 1. The minimum atomic E-state index is -0.252. The van der Waals surface area contributed by atoms with Crippen molar-refractivity contribution in [3.63, 3.8) is 0 Å². The van der Waals surface area contributed by atoms with Gasteiger partial charge in [0.15, 0.2) is 0 Å². The number of carbonyl (C=O) groups is 1. The first-order chi connectivity index (χ1) is 12.5. The lowest BCUT2D eigenvalue weighted by Gasteiger charge is -2.15. The van der Waals surface area contributed by atoms with Crippen molar-refractivity contribution >= 4 is 11.7 Å². The molecule has 1 heterocycles. The Bertz CT molecular complexity index is 873. The summed E-state index contributed by atoms with van der Waals surface area (Å²) in [5.41, 5.74) is 2.68. The lowest BCUT2D eigenvalue weighted by atomic mass is 10.2. The van der Waals surface area contributed by atoms with Gasteiger partial charge in [0.2, 0.25) is 11.7 Å². The fraction of sp³-hybridized carbons (Fsp3) is 0.211. The number of carbonyl (C=O) groups excluding carboxylic acids is 1. The van der Waals surface area contributed by atoms with E-state index >= 15 is 0 Å². The first-order valence-corrected chi connectivity index (χ1v) is 8.11. The summed E-state index contributed by atoms with van der Waals surface area (Å²) in [4.78, 5) is 18.1. The molecule has 0 saturated carbocycles. The number of ether oxygens (including phenoxy) is 1. The predicted octanol–water partition coefficient (Wildman–Crippen LogP) is 3.72. The largest absolute Gasteiger partial charge is 0.497 e. The number of rotatable bonds is 5. The summed E-state index contributed by atoms with van der Waals surface area (Å²) < 4.78 is 10.4. The van der Waals surface area contributed by atoms with Crippen LogP contribution in [0.5, 0.6) is 5.75 Å². The number of amides is 2. The van der Waals surface area contributed by atoms with Gasteiger partial charge >= 0.3 is 6.03 Å². The molecule has 0 fully saturated rings. The number of anilines is 1. The molecule has 0 aliphatic rings. The van der Waals surface area contributed by atoms with Crippen molar-refractivity contribution in [2.24, 2.45) is 0 Å². The van der Waals surface area contributed by atoms with E-state index in [4.69, 9.17) is 9.26 Å². The highest BCUT2D eigenvalue weighted by Crippen LogP contribution is 2.20. The second-order valence-electron chi connectivity index (χ2n) is 5.89. The van der Waals surface area contributed by atoms with E-state index in [1.807, 2.05) is 55.5 Å². The van der Waals surface area contributed by atoms with Crippen molar-refractivity contribution in [3.05, 3.63) is 60.0 Å². The molecule has 0 spiro atoms. The zero-order valence-corrected chi connectivity index (χ0v) is 14.9. The highest BCUT2D eigenvalue weighted by atomic mass is 16.5. The van der Waals surface area contributed by atoms with Gasteiger partial charge in [-0.2, -0.15) is 4.98 Å². The Hall–Kier alpha value is -3.35. The van der Waals surface area contributed by atoms with Crippen molar-refractivity contribution in [1.29, 1.82) is 0 Å². The van der Waals surface area contributed by atoms with Crippen LogP contribution in [0.4, 0.5) is 10.5 Å². The molecule has 2 amide bonds. The molecule has 7 nitrogen and oxygen atoms in total. The average molecular weight is 352 g/mol. The van der Waals surface area contributed by atoms with Gasteiger partial charge in [-0.15, -0.1) is 0 Å². The molecule has 0 radical (unpaired) electrons. The quantitative estimate of drug-likeness (QED) is 0.757. The highest BCUT2D eigenvalue weighted by molar-refractivity contribution is 5.89. The molecule has 0 bridgehead atoms. The molecule has 3 aromatic rings. The average Bonchev–Trinajstić information content (AvgIpc) is 3.12. The maximum Gasteiger partial charge on any atom is 0.322 e. The lowest BCUT2D eigenvalue weighted by molar-refractivity contribution is 0.213. The number of hydrogen-bond acceptors (Lipinski definition) is 5. The second-order valence-corrected chi connectivity index (χ2v) is 5.89. The molecular formula is C19H20N4O3. The third-order valence-corrected chi connectivity index (χ3v) is 3.84. The van der Waals surface area contributed by atoms with Crippen LogP contribution in [-0.4, -0.2) is 35.2 Å². The van der Waals surface area contributed by atoms with Gasteiger partial charge in [0.1, 0.15) is 12.3 Å². The summed E-state index contributed by atoms with van der Waals surface area (Å²) in [5.74, 6) is 1.58. The van der Waals surface area contributed by atoms with Gasteiger partial charge in [-0.05, 0) is 43.3 Å². The fourth-order valence-corrected chi connectivity index (χ4v) is 2.31. The molecule has 0 aliphatic heterocycles. The van der Waals surface area contributed by atoms with Crippen molar-refractivity contribution in [2.75, 3.05) is 19.5 Å². The molecule has 1 N–H and O–H groups in total. The van der Waals surface area contributed by atoms with Crippen LogP contribution in [-0.2, 0) is 6.54 Å². The Morgan fingerprint density at radius 2 is 1.85 bits per heavy atom. The number of aromatic nitrogens is 2. The van der Waals surface area contributed by atoms with Crippen LogP contribution in [0.2, 0.25) is 0 Å². The minimum absolute atomic E-state index is 0.209. The Morgan fingerprint density at radius 1 is 1.15 bits per heavy atom. The first kappa shape index (κ1) is 17.5. The van der Waals surface area contributed by atoms with E-state index in [1.54, 1.807) is 14.2 Å². The maximum absolute atomic E-state index is 12.3. The second kappa shape index (κ2) is 7.69. The van der Waals surface area contributed by atoms with Gasteiger partial charge in [-0.3, -0.25) is 0 Å². The fourth-order valence-electron chi connectivity index (χ4n) is 2.31. The third kappa shape index (κ3) is 4.18. The van der Waals surface area contributed by atoms with Crippen LogP contribution in [0.1, 0.15) is 11.5 Å². The van der Waals surface area contributed by atoms with E-state index in [2.05, 4.69) is 15.5 Å². The van der Waals surface area contributed by atoms with Crippen molar-refractivity contribution in [2.45, 2.75) is 13.5 Å². The SMILES string of the molecule is COc1ccc(-c2noc(CN(C)C(=O)Nc3ccc(C)cc3)n2)cc1. The van der Waals surface area contributed by atoms with Gasteiger partial charge in [-0.1, -0.05) is 22.9 Å². The summed E-state index contributed by atoms with van der Waals surface area (Å²) in [6.45, 7) is 2.20. The molecule has 0 saturated heterocycles. The molecule has 0 unspecified atom stereocenters. The van der Waals surface area contributed by atoms with Crippen molar-refractivity contribution < 1.29 is 14.1 Å². The van der Waals surface area contributed by atoms with Crippen LogP contribution in [0.3, 0.4) is 0 Å². The summed E-state index contributed by atoms with van der Waals surface area (Å²) in [6.07, 6.45) is 0. The molecule has 0 aliphatic carbocycles.